The molecule has 0 saturated heterocycles. The summed E-state index contributed by atoms with van der Waals surface area (Å²) in [4.78, 5) is 23.3. The van der Waals surface area contributed by atoms with E-state index in [1.165, 1.54) is 6.20 Å². The normalized spacial score (nSPS) is 11.8. The molecular formula is C24H24N4O3S. The van der Waals surface area contributed by atoms with Gasteiger partial charge in [-0.3, -0.25) is 9.20 Å². The van der Waals surface area contributed by atoms with Crippen molar-refractivity contribution in [2.75, 3.05) is 14.1 Å². The first-order chi connectivity index (χ1) is 15.3. The fourth-order valence-corrected chi connectivity index (χ4v) is 4.84. The number of sulfone groups is 1. The van der Waals surface area contributed by atoms with Crippen molar-refractivity contribution in [2.45, 2.75) is 29.2 Å². The maximum Gasteiger partial charge on any atom is 0.233 e. The van der Waals surface area contributed by atoms with Gasteiger partial charge in [0.2, 0.25) is 15.6 Å². The van der Waals surface area contributed by atoms with Gasteiger partial charge < -0.3 is 4.90 Å². The first-order valence-corrected chi connectivity index (χ1v) is 11.7. The van der Waals surface area contributed by atoms with Crippen LogP contribution in [0.1, 0.15) is 27.9 Å². The number of hydrogen-bond acceptors (Lipinski definition) is 6. The van der Waals surface area contributed by atoms with E-state index in [0.29, 0.717) is 30.7 Å². The summed E-state index contributed by atoms with van der Waals surface area (Å²) in [5.74, 6) is 0.521. The van der Waals surface area contributed by atoms with Gasteiger partial charge in [0.25, 0.3) is 0 Å². The molecule has 0 radical (unpaired) electrons. The van der Waals surface area contributed by atoms with E-state index >= 15 is 0 Å². The van der Waals surface area contributed by atoms with Crippen LogP contribution >= 0.6 is 0 Å². The van der Waals surface area contributed by atoms with Gasteiger partial charge in [0.05, 0.1) is 15.4 Å². The predicted octanol–water partition coefficient (Wildman–Crippen LogP) is 3.44. The Morgan fingerprint density at radius 2 is 1.78 bits per heavy atom. The number of hydrogen-bond donors (Lipinski definition) is 0. The van der Waals surface area contributed by atoms with E-state index in [-0.39, 0.29) is 15.6 Å². The number of ketones is 1. The van der Waals surface area contributed by atoms with E-state index in [1.54, 1.807) is 65.5 Å². The number of nitrogens with zero attached hydrogens (tertiary/aromatic N) is 4. The molecule has 4 rings (SSSR count). The molecule has 0 aliphatic carbocycles. The van der Waals surface area contributed by atoms with Gasteiger partial charge in [0.1, 0.15) is 0 Å². The Morgan fingerprint density at radius 1 is 1.00 bits per heavy atom. The number of carbonyl (C=O) groups is 1. The second kappa shape index (κ2) is 9.02. The van der Waals surface area contributed by atoms with Crippen LogP contribution < -0.4 is 0 Å². The van der Waals surface area contributed by atoms with Crippen molar-refractivity contribution in [1.82, 2.24) is 19.3 Å². The van der Waals surface area contributed by atoms with Crippen LogP contribution in [-0.2, 0) is 22.8 Å². The van der Waals surface area contributed by atoms with Gasteiger partial charge in [-0.1, -0.05) is 24.3 Å². The highest BCUT2D eigenvalue weighted by molar-refractivity contribution is 7.91. The van der Waals surface area contributed by atoms with Crippen LogP contribution in [0.25, 0.3) is 5.78 Å². The van der Waals surface area contributed by atoms with Crippen LogP contribution in [0.2, 0.25) is 0 Å². The van der Waals surface area contributed by atoms with Gasteiger partial charge >= 0.3 is 0 Å². The van der Waals surface area contributed by atoms with Gasteiger partial charge in [-0.25, -0.2) is 18.4 Å². The number of aryl methyl sites for hydroxylation is 1. The van der Waals surface area contributed by atoms with E-state index in [9.17, 15) is 13.2 Å². The lowest BCUT2D eigenvalue weighted by molar-refractivity contribution is 0.0982. The van der Waals surface area contributed by atoms with E-state index < -0.39 is 9.84 Å². The monoisotopic (exact) mass is 448 g/mol. The van der Waals surface area contributed by atoms with Crippen LogP contribution in [0.15, 0.2) is 83.1 Å². The summed E-state index contributed by atoms with van der Waals surface area (Å²) in [6, 6.07) is 13.8. The van der Waals surface area contributed by atoms with E-state index in [4.69, 9.17) is 0 Å². The van der Waals surface area contributed by atoms with Crippen LogP contribution in [0.3, 0.4) is 0 Å². The average molecular weight is 449 g/mol. The topological polar surface area (TPSA) is 84.6 Å². The highest BCUT2D eigenvalue weighted by Crippen LogP contribution is 2.23. The summed E-state index contributed by atoms with van der Waals surface area (Å²) in [5.41, 5.74) is 2.36. The average Bonchev–Trinajstić information content (AvgIpc) is 3.25. The van der Waals surface area contributed by atoms with Crippen LogP contribution in [0.5, 0.6) is 0 Å². The van der Waals surface area contributed by atoms with E-state index in [0.717, 1.165) is 11.1 Å². The number of rotatable bonds is 8. The third kappa shape index (κ3) is 4.76. The Hall–Kier alpha value is -3.36. The molecule has 7 nitrogen and oxygen atoms in total. The Kier molecular flexibility index (Phi) is 6.16. The predicted molar refractivity (Wildman–Crippen MR) is 121 cm³/mol. The highest BCUT2D eigenvalue weighted by Gasteiger charge is 2.18. The van der Waals surface area contributed by atoms with Gasteiger partial charge in [-0.2, -0.15) is 0 Å². The lowest BCUT2D eigenvalue weighted by Crippen LogP contribution is -2.11. The lowest BCUT2D eigenvalue weighted by atomic mass is 10.0. The van der Waals surface area contributed by atoms with Gasteiger partial charge in [0.15, 0.2) is 5.78 Å². The molecule has 0 aliphatic rings. The molecule has 164 valence electrons. The summed E-state index contributed by atoms with van der Waals surface area (Å²) >= 11 is 0. The number of aromatic nitrogens is 3. The van der Waals surface area contributed by atoms with Crippen molar-refractivity contribution >= 4 is 21.4 Å². The van der Waals surface area contributed by atoms with E-state index in [1.807, 2.05) is 25.1 Å². The molecule has 0 unspecified atom stereocenters. The van der Waals surface area contributed by atoms with Crippen molar-refractivity contribution in [3.63, 3.8) is 0 Å². The summed E-state index contributed by atoms with van der Waals surface area (Å²) < 4.78 is 27.8. The third-order valence-electron chi connectivity index (χ3n) is 5.15. The number of carbonyl (C=O) groups excluding carboxylic acids is 1. The number of benzene rings is 2. The standard InChI is InChI=1S/C24H24N4O3S/c1-27(2)16-19-4-3-5-22(14-19)32(30,31)21-9-6-18(7-10-21)8-11-23(29)20-15-26-24-25-12-13-28(24)17-20/h3-7,9-10,12-15,17H,8,11,16H2,1-2H3. The molecule has 0 spiro atoms. The SMILES string of the molecule is CN(C)Cc1cccc(S(=O)(=O)c2ccc(CCC(=O)c3cnc4nccn4c3)cc2)c1. The van der Waals surface area contributed by atoms with Gasteiger partial charge in [0, 0.05) is 37.8 Å². The quantitative estimate of drug-likeness (QED) is 0.384. The minimum atomic E-state index is -3.61. The molecule has 2 aromatic heterocycles. The second-order valence-electron chi connectivity index (χ2n) is 7.93. The first kappa shape index (κ1) is 21.9. The largest absolute Gasteiger partial charge is 0.305 e. The molecule has 0 atom stereocenters. The molecular weight excluding hydrogens is 424 g/mol. The number of fused-ring (bicyclic) bond motifs is 1. The summed E-state index contributed by atoms with van der Waals surface area (Å²) in [7, 11) is 0.277. The molecule has 0 fully saturated rings. The Bertz CT molecular complexity index is 1360. The summed E-state index contributed by atoms with van der Waals surface area (Å²) in [6.07, 6.45) is 7.45. The Labute approximate surface area is 187 Å². The van der Waals surface area contributed by atoms with Crippen molar-refractivity contribution in [2.24, 2.45) is 0 Å². The highest BCUT2D eigenvalue weighted by atomic mass is 32.2. The molecule has 0 amide bonds. The van der Waals surface area contributed by atoms with Crippen LogP contribution in [-0.4, -0.2) is 47.6 Å². The van der Waals surface area contributed by atoms with E-state index in [2.05, 4.69) is 9.97 Å². The fourth-order valence-electron chi connectivity index (χ4n) is 3.51. The fraction of sp³-hybridized carbons (Fsp3) is 0.208. The molecule has 8 heteroatoms. The molecule has 0 bridgehead atoms. The Balaban J connectivity index is 1.45. The van der Waals surface area contributed by atoms with Crippen molar-refractivity contribution in [3.8, 4) is 0 Å². The summed E-state index contributed by atoms with van der Waals surface area (Å²) in [5, 5.41) is 0. The minimum Gasteiger partial charge on any atom is -0.305 e. The molecule has 0 aliphatic heterocycles. The number of Topliss-reactive ketones (excluding diaryl/α,β-unsaturated/α-hetero) is 1. The summed E-state index contributed by atoms with van der Waals surface area (Å²) in [6.45, 7) is 0.666. The second-order valence-corrected chi connectivity index (χ2v) is 9.88. The molecule has 2 aromatic carbocycles. The maximum atomic E-state index is 13.0. The third-order valence-corrected chi connectivity index (χ3v) is 6.92. The molecule has 0 N–H and O–H groups in total. The van der Waals surface area contributed by atoms with Crippen molar-refractivity contribution in [3.05, 3.63) is 90.0 Å². The molecule has 4 aromatic rings. The Morgan fingerprint density at radius 3 is 2.53 bits per heavy atom. The zero-order valence-electron chi connectivity index (χ0n) is 18.0. The first-order valence-electron chi connectivity index (χ1n) is 10.2. The molecule has 32 heavy (non-hydrogen) atoms. The minimum absolute atomic E-state index is 0.0255. The van der Waals surface area contributed by atoms with Gasteiger partial charge in [-0.05, 0) is 55.9 Å². The lowest BCUT2D eigenvalue weighted by Gasteiger charge is -2.11. The van der Waals surface area contributed by atoms with Crippen LogP contribution in [0, 0.1) is 0 Å². The van der Waals surface area contributed by atoms with Gasteiger partial charge in [-0.15, -0.1) is 0 Å². The van der Waals surface area contributed by atoms with Crippen molar-refractivity contribution in [1.29, 1.82) is 0 Å². The zero-order valence-corrected chi connectivity index (χ0v) is 18.8. The van der Waals surface area contributed by atoms with Crippen molar-refractivity contribution < 1.29 is 13.2 Å². The molecule has 0 saturated carbocycles. The van der Waals surface area contributed by atoms with Crippen LogP contribution in [0.4, 0.5) is 0 Å². The maximum absolute atomic E-state index is 13.0. The zero-order chi connectivity index (χ0) is 22.7. The smallest absolute Gasteiger partial charge is 0.233 e. The number of imidazole rings is 1. The molecule has 2 heterocycles.